The maximum absolute atomic E-state index is 13.3. The predicted molar refractivity (Wildman–Crippen MR) is 110 cm³/mol. The number of carbonyl (C=O) groups excluding carboxylic acids is 1. The van der Waals surface area contributed by atoms with Gasteiger partial charge in [-0.3, -0.25) is 9.69 Å². The minimum Gasteiger partial charge on any atom is -0.361 e. The van der Waals surface area contributed by atoms with Crippen LogP contribution in [-0.4, -0.2) is 12.0 Å². The van der Waals surface area contributed by atoms with Gasteiger partial charge in [-0.15, -0.1) is 0 Å². The molecule has 28 heavy (non-hydrogen) atoms. The van der Waals surface area contributed by atoms with Crippen LogP contribution in [0.4, 0.5) is 5.69 Å². The van der Waals surface area contributed by atoms with Crippen LogP contribution in [0.15, 0.2) is 84.9 Å². The van der Waals surface area contributed by atoms with E-state index >= 15 is 0 Å². The zero-order valence-electron chi connectivity index (χ0n) is 15.8. The predicted octanol–water partition coefficient (Wildman–Crippen LogP) is 4.85. The number of benzene rings is 3. The van der Waals surface area contributed by atoms with E-state index in [2.05, 4.69) is 24.3 Å². The lowest BCUT2D eigenvalue weighted by Crippen LogP contribution is -2.74. The summed E-state index contributed by atoms with van der Waals surface area (Å²) < 4.78 is 6.29. The first-order valence-electron chi connectivity index (χ1n) is 9.94. The first kappa shape index (κ1) is 17.2. The maximum Gasteiger partial charge on any atom is 0.259 e. The summed E-state index contributed by atoms with van der Waals surface area (Å²) in [5, 5.41) is 0. The Kier molecular flexibility index (Phi) is 4.25. The molecule has 5 rings (SSSR count). The highest BCUT2D eigenvalue weighted by Gasteiger charge is 2.63. The van der Waals surface area contributed by atoms with E-state index in [4.69, 9.17) is 4.74 Å². The van der Waals surface area contributed by atoms with Crippen LogP contribution in [0.1, 0.15) is 29.5 Å². The molecule has 0 N–H and O–H groups in total. The topological polar surface area (TPSA) is 29.5 Å². The van der Waals surface area contributed by atoms with Crippen LogP contribution in [0, 0.1) is 0 Å². The van der Waals surface area contributed by atoms with Crippen LogP contribution in [0.25, 0.3) is 0 Å². The monoisotopic (exact) mass is 369 g/mol. The number of aryl methyl sites for hydroxylation is 1. The Labute approximate surface area is 165 Å². The van der Waals surface area contributed by atoms with E-state index in [0.29, 0.717) is 6.61 Å². The first-order chi connectivity index (χ1) is 13.8. The highest BCUT2D eigenvalue weighted by atomic mass is 16.5. The van der Waals surface area contributed by atoms with E-state index in [1.807, 2.05) is 65.6 Å². The van der Waals surface area contributed by atoms with Crippen molar-refractivity contribution in [1.29, 1.82) is 0 Å². The number of ether oxygens (including phenoxy) is 1. The molecule has 0 radical (unpaired) electrons. The van der Waals surface area contributed by atoms with Crippen LogP contribution in [-0.2, 0) is 28.1 Å². The van der Waals surface area contributed by atoms with Crippen molar-refractivity contribution in [1.82, 2.24) is 0 Å². The molecule has 140 valence electrons. The number of nitrogens with zero attached hydrogens (tertiary/aromatic N) is 1. The standard InChI is InChI=1S/C25H23NO2/c27-24-23(28-18-19-10-3-1-4-11-19)25(26(24)21-14-5-2-6-15-21)17-9-13-20-12-7-8-16-22(20)25/h1-8,10-12,14-16,23H,9,13,17-18H2. The van der Waals surface area contributed by atoms with Crippen LogP contribution >= 0.6 is 0 Å². The summed E-state index contributed by atoms with van der Waals surface area (Å²) in [5.74, 6) is 0.0545. The number of hydrogen-bond acceptors (Lipinski definition) is 2. The van der Waals surface area contributed by atoms with Gasteiger partial charge in [-0.05, 0) is 48.1 Å². The molecule has 3 aromatic rings. The summed E-state index contributed by atoms with van der Waals surface area (Å²) in [4.78, 5) is 15.2. The molecule has 2 atom stereocenters. The van der Waals surface area contributed by atoms with E-state index < -0.39 is 11.6 Å². The number of fused-ring (bicyclic) bond motifs is 2. The average molecular weight is 369 g/mol. The third-order valence-corrected chi connectivity index (χ3v) is 6.04. The number of carbonyl (C=O) groups is 1. The third-order valence-electron chi connectivity index (χ3n) is 6.04. The van der Waals surface area contributed by atoms with Crippen molar-refractivity contribution in [2.45, 2.75) is 37.5 Å². The minimum atomic E-state index is -0.450. The van der Waals surface area contributed by atoms with E-state index in [0.717, 1.165) is 30.5 Å². The SMILES string of the molecule is O=C1C(OCc2ccccc2)C2(CCCc3ccccc32)N1c1ccccc1. The molecule has 0 bridgehead atoms. The summed E-state index contributed by atoms with van der Waals surface area (Å²) in [6, 6.07) is 28.6. The van der Waals surface area contributed by atoms with Gasteiger partial charge >= 0.3 is 0 Å². The van der Waals surface area contributed by atoms with Crippen molar-refractivity contribution in [3.8, 4) is 0 Å². The van der Waals surface area contributed by atoms with Crippen LogP contribution in [0.2, 0.25) is 0 Å². The first-order valence-corrected chi connectivity index (χ1v) is 9.94. The summed E-state index contributed by atoms with van der Waals surface area (Å²) >= 11 is 0. The van der Waals surface area contributed by atoms with Crippen molar-refractivity contribution >= 4 is 11.6 Å². The molecule has 0 aromatic heterocycles. The molecule has 1 aliphatic heterocycles. The molecule has 1 heterocycles. The highest BCUT2D eigenvalue weighted by Crippen LogP contribution is 2.52. The quantitative estimate of drug-likeness (QED) is 0.615. The fraction of sp³-hybridized carbons (Fsp3) is 0.240. The van der Waals surface area contributed by atoms with Gasteiger partial charge < -0.3 is 4.74 Å². The molecule has 1 spiro atoms. The van der Waals surface area contributed by atoms with Gasteiger partial charge in [0.25, 0.3) is 5.91 Å². The van der Waals surface area contributed by atoms with Gasteiger partial charge in [0.05, 0.1) is 6.61 Å². The van der Waals surface area contributed by atoms with Gasteiger partial charge in [0, 0.05) is 5.69 Å². The van der Waals surface area contributed by atoms with Gasteiger partial charge in [-0.25, -0.2) is 0 Å². The summed E-state index contributed by atoms with van der Waals surface area (Å²) in [6.07, 6.45) is 2.58. The van der Waals surface area contributed by atoms with Crippen molar-refractivity contribution in [2.75, 3.05) is 4.90 Å². The second kappa shape index (κ2) is 6.92. The molecule has 1 fully saturated rings. The number of rotatable bonds is 4. The van der Waals surface area contributed by atoms with Crippen molar-refractivity contribution < 1.29 is 9.53 Å². The average Bonchev–Trinajstić information content (AvgIpc) is 2.75. The lowest BCUT2D eigenvalue weighted by molar-refractivity contribution is -0.155. The Bertz CT molecular complexity index is 986. The van der Waals surface area contributed by atoms with Crippen molar-refractivity contribution in [3.63, 3.8) is 0 Å². The molecule has 1 saturated heterocycles. The molecule has 0 saturated carbocycles. The largest absolute Gasteiger partial charge is 0.361 e. The Morgan fingerprint density at radius 1 is 0.893 bits per heavy atom. The van der Waals surface area contributed by atoms with Gasteiger partial charge in [0.2, 0.25) is 0 Å². The van der Waals surface area contributed by atoms with Crippen LogP contribution in [0.3, 0.4) is 0 Å². The fourth-order valence-corrected chi connectivity index (χ4v) is 4.82. The number of amides is 1. The smallest absolute Gasteiger partial charge is 0.259 e. The van der Waals surface area contributed by atoms with E-state index in [9.17, 15) is 4.79 Å². The van der Waals surface area contributed by atoms with Gasteiger partial charge in [0.15, 0.2) is 6.10 Å². The summed E-state index contributed by atoms with van der Waals surface area (Å²) in [6.45, 7) is 0.448. The molecule has 2 unspecified atom stereocenters. The highest BCUT2D eigenvalue weighted by molar-refractivity contribution is 6.07. The normalized spacial score (nSPS) is 23.4. The second-order valence-electron chi connectivity index (χ2n) is 7.62. The van der Waals surface area contributed by atoms with E-state index in [1.54, 1.807) is 0 Å². The minimum absolute atomic E-state index is 0.0545. The Hall–Kier alpha value is -2.91. The fourth-order valence-electron chi connectivity index (χ4n) is 4.82. The van der Waals surface area contributed by atoms with Gasteiger partial charge in [0.1, 0.15) is 5.54 Å². The maximum atomic E-state index is 13.3. The van der Waals surface area contributed by atoms with Gasteiger partial charge in [-0.2, -0.15) is 0 Å². The zero-order chi connectivity index (χ0) is 19.0. The third kappa shape index (κ3) is 2.58. The number of β-lactam (4-membered cyclic amide) rings is 1. The number of para-hydroxylation sites is 1. The lowest BCUT2D eigenvalue weighted by atomic mass is 9.66. The van der Waals surface area contributed by atoms with E-state index in [1.165, 1.54) is 11.1 Å². The lowest BCUT2D eigenvalue weighted by Gasteiger charge is -2.59. The van der Waals surface area contributed by atoms with Crippen molar-refractivity contribution in [2.24, 2.45) is 0 Å². The molecule has 3 aromatic carbocycles. The Morgan fingerprint density at radius 2 is 1.57 bits per heavy atom. The molecule has 2 aliphatic rings. The number of anilines is 1. The van der Waals surface area contributed by atoms with Crippen LogP contribution in [0.5, 0.6) is 0 Å². The molecular weight excluding hydrogens is 346 g/mol. The molecule has 3 nitrogen and oxygen atoms in total. The molecule has 1 aliphatic carbocycles. The van der Waals surface area contributed by atoms with Gasteiger partial charge in [-0.1, -0.05) is 72.8 Å². The Morgan fingerprint density at radius 3 is 2.36 bits per heavy atom. The molecule has 1 amide bonds. The van der Waals surface area contributed by atoms with E-state index in [-0.39, 0.29) is 5.91 Å². The van der Waals surface area contributed by atoms with Crippen molar-refractivity contribution in [3.05, 3.63) is 102 Å². The summed E-state index contributed by atoms with van der Waals surface area (Å²) in [7, 11) is 0. The molecule has 3 heteroatoms. The van der Waals surface area contributed by atoms with Crippen LogP contribution < -0.4 is 4.90 Å². The Balaban J connectivity index is 1.55. The zero-order valence-corrected chi connectivity index (χ0v) is 15.8. The number of hydrogen-bond donors (Lipinski definition) is 0. The summed E-state index contributed by atoms with van der Waals surface area (Å²) in [5.41, 5.74) is 4.19. The second-order valence-corrected chi connectivity index (χ2v) is 7.62. The molecular formula is C25H23NO2.